The predicted molar refractivity (Wildman–Crippen MR) is 63.2 cm³/mol. The molecule has 0 aromatic carbocycles. The maximum absolute atomic E-state index is 10.7. The Morgan fingerprint density at radius 3 is 2.69 bits per heavy atom. The van der Waals surface area contributed by atoms with Crippen molar-refractivity contribution in [3.63, 3.8) is 0 Å². The molecule has 0 aliphatic carbocycles. The lowest BCUT2D eigenvalue weighted by atomic mass is 10.2. The van der Waals surface area contributed by atoms with Crippen LogP contribution in [0.3, 0.4) is 0 Å². The minimum absolute atomic E-state index is 0.0991. The van der Waals surface area contributed by atoms with E-state index in [0.29, 0.717) is 19.8 Å². The summed E-state index contributed by atoms with van der Waals surface area (Å²) in [5.41, 5.74) is 5.13. The van der Waals surface area contributed by atoms with Crippen LogP contribution in [0.4, 0.5) is 0 Å². The topological polar surface area (TPSA) is 73.6 Å². The smallest absolute Gasteiger partial charge is 0.221 e. The summed E-state index contributed by atoms with van der Waals surface area (Å²) >= 11 is 0. The lowest BCUT2D eigenvalue weighted by Crippen LogP contribution is -2.31. The molecular weight excluding hydrogens is 208 g/mol. The molecule has 0 rings (SSSR count). The van der Waals surface area contributed by atoms with Crippen LogP contribution in [0.1, 0.15) is 19.8 Å². The highest BCUT2D eigenvalue weighted by molar-refractivity contribution is 5.76. The molecule has 5 heteroatoms. The fraction of sp³-hybridized carbons (Fsp3) is 0.909. The third-order valence-corrected chi connectivity index (χ3v) is 2.26. The molecule has 5 nitrogen and oxygen atoms in total. The summed E-state index contributed by atoms with van der Waals surface area (Å²) in [6.07, 6.45) is 2.06. The molecule has 16 heavy (non-hydrogen) atoms. The first-order chi connectivity index (χ1) is 7.68. The van der Waals surface area contributed by atoms with Gasteiger partial charge in [0, 0.05) is 26.2 Å². The van der Waals surface area contributed by atoms with Gasteiger partial charge in [-0.05, 0) is 19.4 Å². The lowest BCUT2D eigenvalue weighted by Gasteiger charge is -2.08. The van der Waals surface area contributed by atoms with E-state index in [0.717, 1.165) is 26.0 Å². The number of hydrogen-bond acceptors (Lipinski definition) is 4. The summed E-state index contributed by atoms with van der Waals surface area (Å²) in [6.45, 7) is 5.43. The van der Waals surface area contributed by atoms with Crippen LogP contribution in [-0.4, -0.2) is 45.9 Å². The molecule has 0 aromatic rings. The fourth-order valence-corrected chi connectivity index (χ4v) is 1.12. The number of amides is 1. The van der Waals surface area contributed by atoms with E-state index in [-0.39, 0.29) is 11.8 Å². The Balaban J connectivity index is 3.07. The second-order valence-corrected chi connectivity index (χ2v) is 3.82. The van der Waals surface area contributed by atoms with E-state index in [9.17, 15) is 4.79 Å². The summed E-state index contributed by atoms with van der Waals surface area (Å²) in [5.74, 6) is -0.353. The number of ether oxygens (including phenoxy) is 2. The number of methoxy groups -OCH3 is 1. The second-order valence-electron chi connectivity index (χ2n) is 3.82. The minimum atomic E-state index is -0.254. The lowest BCUT2D eigenvalue weighted by molar-refractivity contribution is -0.121. The summed E-state index contributed by atoms with van der Waals surface area (Å²) in [6, 6.07) is 0. The van der Waals surface area contributed by atoms with E-state index in [4.69, 9.17) is 15.2 Å². The molecule has 1 amide bonds. The standard InChI is InChI=1S/C11H24N2O3/c1-10(11(12)14)9-13-5-3-4-6-16-8-7-15-2/h10,13H,3-9H2,1-2H3,(H2,12,14). The Bertz CT molecular complexity index is 177. The van der Waals surface area contributed by atoms with Gasteiger partial charge in [-0.2, -0.15) is 0 Å². The van der Waals surface area contributed by atoms with Crippen LogP contribution < -0.4 is 11.1 Å². The number of unbranched alkanes of at least 4 members (excludes halogenated alkanes) is 1. The number of nitrogens with one attached hydrogen (secondary N) is 1. The molecule has 0 radical (unpaired) electrons. The molecule has 1 atom stereocenters. The maximum Gasteiger partial charge on any atom is 0.221 e. The van der Waals surface area contributed by atoms with Gasteiger partial charge in [-0.25, -0.2) is 0 Å². The summed E-state index contributed by atoms with van der Waals surface area (Å²) in [5, 5.41) is 3.19. The van der Waals surface area contributed by atoms with Crippen molar-refractivity contribution in [3.8, 4) is 0 Å². The Hall–Kier alpha value is -0.650. The summed E-state index contributed by atoms with van der Waals surface area (Å²) < 4.78 is 10.2. The van der Waals surface area contributed by atoms with Crippen molar-refractivity contribution in [1.82, 2.24) is 5.32 Å². The van der Waals surface area contributed by atoms with Crippen LogP contribution in [0.15, 0.2) is 0 Å². The van der Waals surface area contributed by atoms with Crippen LogP contribution in [0.2, 0.25) is 0 Å². The predicted octanol–water partition coefficient (Wildman–Crippen LogP) is 0.141. The molecule has 0 heterocycles. The number of rotatable bonds is 11. The third-order valence-electron chi connectivity index (χ3n) is 2.26. The fourth-order valence-electron chi connectivity index (χ4n) is 1.12. The van der Waals surface area contributed by atoms with Crippen molar-refractivity contribution in [2.75, 3.05) is 40.0 Å². The van der Waals surface area contributed by atoms with Gasteiger partial charge in [0.2, 0.25) is 5.91 Å². The number of nitrogens with two attached hydrogens (primary N) is 1. The van der Waals surface area contributed by atoms with Crippen molar-refractivity contribution in [2.45, 2.75) is 19.8 Å². The molecule has 0 fully saturated rings. The summed E-state index contributed by atoms with van der Waals surface area (Å²) in [7, 11) is 1.66. The van der Waals surface area contributed by atoms with Crippen molar-refractivity contribution in [2.24, 2.45) is 11.7 Å². The molecule has 0 saturated carbocycles. The van der Waals surface area contributed by atoms with E-state index < -0.39 is 0 Å². The van der Waals surface area contributed by atoms with Gasteiger partial charge in [-0.3, -0.25) is 4.79 Å². The van der Waals surface area contributed by atoms with Gasteiger partial charge in [0.05, 0.1) is 13.2 Å². The van der Waals surface area contributed by atoms with E-state index in [1.165, 1.54) is 0 Å². The highest BCUT2D eigenvalue weighted by atomic mass is 16.5. The SMILES string of the molecule is COCCOCCCCNCC(C)C(N)=O. The molecule has 0 aliphatic heterocycles. The zero-order chi connectivity index (χ0) is 12.2. The Morgan fingerprint density at radius 1 is 1.31 bits per heavy atom. The highest BCUT2D eigenvalue weighted by Crippen LogP contribution is 1.92. The molecule has 1 unspecified atom stereocenters. The van der Waals surface area contributed by atoms with Crippen molar-refractivity contribution < 1.29 is 14.3 Å². The van der Waals surface area contributed by atoms with Gasteiger partial charge in [-0.15, -0.1) is 0 Å². The molecular formula is C11H24N2O3. The van der Waals surface area contributed by atoms with Crippen LogP contribution in [0, 0.1) is 5.92 Å². The largest absolute Gasteiger partial charge is 0.382 e. The monoisotopic (exact) mass is 232 g/mol. The van der Waals surface area contributed by atoms with E-state index >= 15 is 0 Å². The summed E-state index contributed by atoms with van der Waals surface area (Å²) in [4.78, 5) is 10.7. The van der Waals surface area contributed by atoms with Crippen molar-refractivity contribution in [3.05, 3.63) is 0 Å². The second kappa shape index (κ2) is 10.9. The normalized spacial score (nSPS) is 12.6. The Labute approximate surface area is 97.7 Å². The number of primary amides is 1. The molecule has 0 aromatic heterocycles. The molecule has 0 bridgehead atoms. The Morgan fingerprint density at radius 2 is 2.06 bits per heavy atom. The molecule has 0 saturated heterocycles. The van der Waals surface area contributed by atoms with Gasteiger partial charge in [0.1, 0.15) is 0 Å². The first-order valence-electron chi connectivity index (χ1n) is 5.75. The average Bonchev–Trinajstić information content (AvgIpc) is 2.26. The third kappa shape index (κ3) is 9.89. The highest BCUT2D eigenvalue weighted by Gasteiger charge is 2.06. The molecule has 96 valence electrons. The first kappa shape index (κ1) is 15.3. The van der Waals surface area contributed by atoms with E-state index in [2.05, 4.69) is 5.32 Å². The maximum atomic E-state index is 10.7. The zero-order valence-corrected chi connectivity index (χ0v) is 10.3. The molecule has 3 N–H and O–H groups in total. The number of carbonyl (C=O) groups excluding carboxylic acids is 1. The first-order valence-corrected chi connectivity index (χ1v) is 5.75. The van der Waals surface area contributed by atoms with Crippen LogP contribution in [0.5, 0.6) is 0 Å². The van der Waals surface area contributed by atoms with Crippen LogP contribution in [-0.2, 0) is 14.3 Å². The molecule has 0 spiro atoms. The van der Waals surface area contributed by atoms with Crippen molar-refractivity contribution in [1.29, 1.82) is 0 Å². The quantitative estimate of drug-likeness (QED) is 0.497. The average molecular weight is 232 g/mol. The minimum Gasteiger partial charge on any atom is -0.382 e. The van der Waals surface area contributed by atoms with E-state index in [1.807, 2.05) is 6.92 Å². The number of hydrogen-bond donors (Lipinski definition) is 2. The van der Waals surface area contributed by atoms with Crippen molar-refractivity contribution >= 4 is 5.91 Å². The van der Waals surface area contributed by atoms with Crippen LogP contribution in [0.25, 0.3) is 0 Å². The zero-order valence-electron chi connectivity index (χ0n) is 10.3. The molecule has 0 aliphatic rings. The van der Waals surface area contributed by atoms with Gasteiger partial charge < -0.3 is 20.5 Å². The van der Waals surface area contributed by atoms with Gasteiger partial charge in [0.15, 0.2) is 0 Å². The van der Waals surface area contributed by atoms with E-state index in [1.54, 1.807) is 7.11 Å². The van der Waals surface area contributed by atoms with Gasteiger partial charge in [-0.1, -0.05) is 6.92 Å². The van der Waals surface area contributed by atoms with Gasteiger partial charge in [0.25, 0.3) is 0 Å². The number of carbonyl (C=O) groups is 1. The Kier molecular flexibility index (Phi) is 10.4. The van der Waals surface area contributed by atoms with Gasteiger partial charge >= 0.3 is 0 Å². The van der Waals surface area contributed by atoms with Crippen LogP contribution >= 0.6 is 0 Å².